The van der Waals surface area contributed by atoms with Crippen molar-refractivity contribution in [2.45, 2.75) is 71.8 Å². The minimum absolute atomic E-state index is 0.0189. The lowest BCUT2D eigenvalue weighted by Crippen LogP contribution is -2.33. The van der Waals surface area contributed by atoms with E-state index in [1.54, 1.807) is 22.7 Å². The SMILES string of the molecule is Cc1ccc2nc(-c3ccc(NCCC(=O)NCCOCCOCCOCCOCCC(=O)NCCCCC(C)NC(=O)CCOCCOCCOCCOCCNC(=O)CCNc4ccc(-c5nc6ccc(C)cc6s5)cc4)cc3)sc2c1. The number of benzene rings is 4. The van der Waals surface area contributed by atoms with Crippen LogP contribution in [0.1, 0.15) is 63.0 Å². The number of unbranched alkanes of at least 4 members (excludes halogenated alkanes) is 1. The number of fused-ring (bicyclic) bond motifs is 2. The number of nitrogens with one attached hydrogen (secondary N) is 6. The highest BCUT2D eigenvalue weighted by molar-refractivity contribution is 7.22. The molecule has 6 N–H and O–H groups in total. The van der Waals surface area contributed by atoms with E-state index in [4.69, 9.17) is 47.9 Å². The number of ether oxygens (including phenoxy) is 8. The van der Waals surface area contributed by atoms with Gasteiger partial charge in [0.05, 0.1) is 126 Å². The summed E-state index contributed by atoms with van der Waals surface area (Å²) < 4.78 is 46.7. The van der Waals surface area contributed by atoms with Gasteiger partial charge in [0.1, 0.15) is 10.0 Å². The van der Waals surface area contributed by atoms with Crippen LogP contribution in [0.25, 0.3) is 41.6 Å². The van der Waals surface area contributed by atoms with Gasteiger partial charge in [-0.2, -0.15) is 0 Å². The maximum Gasteiger partial charge on any atom is 0.222 e. The predicted molar refractivity (Wildman–Crippen MR) is 332 cm³/mol. The average Bonchev–Trinajstić information content (AvgIpc) is 4.28. The van der Waals surface area contributed by atoms with Crippen LogP contribution in [0.15, 0.2) is 84.9 Å². The summed E-state index contributed by atoms with van der Waals surface area (Å²) in [5, 5.41) is 20.3. The molecule has 1 unspecified atom stereocenters. The molecule has 4 amide bonds. The molecule has 0 radical (unpaired) electrons. The van der Waals surface area contributed by atoms with E-state index in [0.717, 1.165) is 62.8 Å². The number of thiazole rings is 2. The Morgan fingerprint density at radius 2 is 0.786 bits per heavy atom. The van der Waals surface area contributed by atoms with Gasteiger partial charge in [-0.1, -0.05) is 12.1 Å². The van der Waals surface area contributed by atoms with Crippen LogP contribution in [-0.4, -0.2) is 178 Å². The van der Waals surface area contributed by atoms with E-state index in [9.17, 15) is 19.2 Å². The summed E-state index contributed by atoms with van der Waals surface area (Å²) in [7, 11) is 0. The number of nitrogens with zero attached hydrogens (tertiary/aromatic N) is 2. The molecule has 0 aliphatic rings. The van der Waals surface area contributed by atoms with Crippen molar-refractivity contribution in [2.24, 2.45) is 0 Å². The zero-order valence-electron chi connectivity index (χ0n) is 49.1. The van der Waals surface area contributed by atoms with Gasteiger partial charge in [-0.05, 0) is 124 Å². The second-order valence-corrected chi connectivity index (χ2v) is 22.0. The van der Waals surface area contributed by atoms with Gasteiger partial charge in [0.2, 0.25) is 23.6 Å². The maximum absolute atomic E-state index is 12.3. The third kappa shape index (κ3) is 27.7. The molecule has 458 valence electrons. The van der Waals surface area contributed by atoms with Crippen LogP contribution in [-0.2, 0) is 57.1 Å². The van der Waals surface area contributed by atoms with Crippen LogP contribution in [0, 0.1) is 13.8 Å². The van der Waals surface area contributed by atoms with Gasteiger partial charge in [0.15, 0.2) is 0 Å². The number of carbonyl (C=O) groups is 4. The third-order valence-electron chi connectivity index (χ3n) is 12.8. The first-order valence-corrected chi connectivity index (χ1v) is 30.9. The lowest BCUT2D eigenvalue weighted by atomic mass is 10.1. The largest absolute Gasteiger partial charge is 0.385 e. The van der Waals surface area contributed by atoms with Gasteiger partial charge >= 0.3 is 0 Å². The second kappa shape index (κ2) is 40.2. The lowest BCUT2D eigenvalue weighted by Gasteiger charge is -2.14. The average molecular weight is 1200 g/mol. The standard InChI is InChI=1S/C62H86N8O12S2/c1-46-7-17-53-55(44-46)83-61(69-53)49-9-13-51(14-10-49)63-24-19-57(71)66-26-30-77-34-38-81-42-40-79-36-32-75-28-21-59(73)65-23-5-4-6-48(3)68-60(74)22-29-76-33-37-80-41-43-82-39-35-78-31-27-67-58(72)20-25-64-52-15-11-50(12-16-52)62-70-54-18-8-47(2)45-56(54)84-62/h7-18,44-45,48,63-64H,4-6,19-43H2,1-3H3,(H,65,73)(H,66,71)(H,67,72)(H,68,74). The molecule has 20 nitrogen and oxygen atoms in total. The van der Waals surface area contributed by atoms with E-state index in [-0.39, 0.29) is 42.5 Å². The Hall–Kier alpha value is -6.18. The maximum atomic E-state index is 12.3. The minimum Gasteiger partial charge on any atom is -0.385 e. The van der Waals surface area contributed by atoms with Crippen molar-refractivity contribution in [3.05, 3.63) is 96.1 Å². The smallest absolute Gasteiger partial charge is 0.222 e. The van der Waals surface area contributed by atoms with E-state index in [0.29, 0.717) is 151 Å². The Morgan fingerprint density at radius 1 is 0.417 bits per heavy atom. The molecule has 6 rings (SSSR count). The summed E-state index contributed by atoms with van der Waals surface area (Å²) >= 11 is 3.37. The molecule has 2 heterocycles. The van der Waals surface area contributed by atoms with Gasteiger partial charge in [-0.25, -0.2) is 9.97 Å². The highest BCUT2D eigenvalue weighted by Gasteiger charge is 2.11. The van der Waals surface area contributed by atoms with E-state index in [1.807, 2.05) is 55.5 Å². The van der Waals surface area contributed by atoms with Crippen molar-refractivity contribution in [3.8, 4) is 21.1 Å². The number of aryl methyl sites for hydroxylation is 2. The summed E-state index contributed by atoms with van der Waals surface area (Å²) in [4.78, 5) is 58.5. The van der Waals surface area contributed by atoms with Crippen LogP contribution < -0.4 is 31.9 Å². The molecule has 6 aromatic rings. The van der Waals surface area contributed by atoms with Gasteiger partial charge in [0.25, 0.3) is 0 Å². The molecule has 0 spiro atoms. The van der Waals surface area contributed by atoms with Crippen molar-refractivity contribution in [2.75, 3.05) is 149 Å². The van der Waals surface area contributed by atoms with Crippen LogP contribution in [0.5, 0.6) is 0 Å². The van der Waals surface area contributed by atoms with Crippen molar-refractivity contribution in [1.29, 1.82) is 0 Å². The van der Waals surface area contributed by atoms with Crippen molar-refractivity contribution < 1.29 is 57.1 Å². The topological polar surface area (TPSA) is 240 Å². The van der Waals surface area contributed by atoms with Crippen LogP contribution >= 0.6 is 22.7 Å². The van der Waals surface area contributed by atoms with Crippen LogP contribution in [0.4, 0.5) is 11.4 Å². The fourth-order valence-corrected chi connectivity index (χ4v) is 10.4. The molecule has 0 saturated heterocycles. The first-order valence-electron chi connectivity index (χ1n) is 29.2. The van der Waals surface area contributed by atoms with Gasteiger partial charge in [-0.15, -0.1) is 22.7 Å². The minimum atomic E-state index is -0.0649. The summed E-state index contributed by atoms with van der Waals surface area (Å²) in [5.41, 5.74) is 8.52. The van der Waals surface area contributed by atoms with E-state index in [1.165, 1.54) is 20.5 Å². The Morgan fingerprint density at radius 3 is 1.21 bits per heavy atom. The number of hydrogen-bond acceptors (Lipinski definition) is 18. The quantitative estimate of drug-likeness (QED) is 0.0198. The molecule has 0 bridgehead atoms. The summed E-state index contributed by atoms with van der Waals surface area (Å²) in [5.74, 6) is -0.214. The van der Waals surface area contributed by atoms with Crippen molar-refractivity contribution >= 4 is 78.1 Å². The van der Waals surface area contributed by atoms with Crippen molar-refractivity contribution in [3.63, 3.8) is 0 Å². The van der Waals surface area contributed by atoms with E-state index in [2.05, 4.69) is 82.1 Å². The molecule has 0 aliphatic carbocycles. The number of carbonyl (C=O) groups excluding carboxylic acids is 4. The lowest BCUT2D eigenvalue weighted by molar-refractivity contribution is -0.123. The predicted octanol–water partition coefficient (Wildman–Crippen LogP) is 8.10. The highest BCUT2D eigenvalue weighted by atomic mass is 32.1. The highest BCUT2D eigenvalue weighted by Crippen LogP contribution is 2.32. The Labute approximate surface area is 502 Å². The van der Waals surface area contributed by atoms with E-state index >= 15 is 0 Å². The summed E-state index contributed by atoms with van der Waals surface area (Å²) in [6, 6.07) is 28.8. The normalized spacial score (nSPS) is 11.7. The first-order chi connectivity index (χ1) is 41.1. The molecule has 0 aliphatic heterocycles. The Balaban J connectivity index is 0.599. The summed E-state index contributed by atoms with van der Waals surface area (Å²) in [6.07, 6.45) is 3.73. The molecular weight excluding hydrogens is 1110 g/mol. The molecule has 4 aromatic carbocycles. The zero-order valence-corrected chi connectivity index (χ0v) is 50.7. The van der Waals surface area contributed by atoms with E-state index < -0.39 is 0 Å². The number of hydrogen-bond donors (Lipinski definition) is 6. The zero-order chi connectivity index (χ0) is 59.2. The van der Waals surface area contributed by atoms with Gasteiger partial charge in [-0.3, -0.25) is 19.2 Å². The number of aromatic nitrogens is 2. The number of anilines is 2. The van der Waals surface area contributed by atoms with Crippen molar-refractivity contribution in [1.82, 2.24) is 31.2 Å². The Bertz CT molecular complexity index is 2840. The Kier molecular flexibility index (Phi) is 32.0. The second-order valence-electron chi connectivity index (χ2n) is 19.9. The first kappa shape index (κ1) is 67.0. The molecule has 84 heavy (non-hydrogen) atoms. The molecule has 0 saturated carbocycles. The summed E-state index contributed by atoms with van der Waals surface area (Å²) in [6.45, 7) is 15.0. The monoisotopic (exact) mass is 1200 g/mol. The number of amides is 4. The van der Waals surface area contributed by atoms with Crippen LogP contribution in [0.2, 0.25) is 0 Å². The van der Waals surface area contributed by atoms with Crippen LogP contribution in [0.3, 0.4) is 0 Å². The molecule has 2 aromatic heterocycles. The van der Waals surface area contributed by atoms with Gasteiger partial charge in [0, 0.05) is 87.0 Å². The fourth-order valence-electron chi connectivity index (χ4n) is 8.28. The third-order valence-corrected chi connectivity index (χ3v) is 15.0. The fraction of sp³-hybridized carbons (Fsp3) is 0.516. The molecule has 0 fully saturated rings. The number of rotatable bonds is 46. The molecule has 22 heteroatoms. The molecule has 1 atom stereocenters. The molecular formula is C62H86N8O12S2. The van der Waals surface area contributed by atoms with Gasteiger partial charge < -0.3 is 69.8 Å².